The molecule has 1 aromatic rings. The zero-order valence-corrected chi connectivity index (χ0v) is 12.0. The van der Waals surface area contributed by atoms with Gasteiger partial charge in [0.25, 0.3) is 5.91 Å². The van der Waals surface area contributed by atoms with E-state index in [1.807, 2.05) is 44.1 Å². The summed E-state index contributed by atoms with van der Waals surface area (Å²) in [6, 6.07) is 5.77. The van der Waals surface area contributed by atoms with Gasteiger partial charge in [0.05, 0.1) is 0 Å². The minimum absolute atomic E-state index is 0.00760. The highest BCUT2D eigenvalue weighted by molar-refractivity contribution is 5.95. The Kier molecular flexibility index (Phi) is 5.37. The van der Waals surface area contributed by atoms with Crippen LogP contribution in [0.5, 0.6) is 0 Å². The molecule has 0 radical (unpaired) electrons. The van der Waals surface area contributed by atoms with Crippen LogP contribution in [-0.4, -0.2) is 38.0 Å². The molecule has 0 fully saturated rings. The third-order valence-electron chi connectivity index (χ3n) is 2.91. The molecule has 0 aliphatic rings. The monoisotopic (exact) mass is 258 g/mol. The van der Waals surface area contributed by atoms with Crippen LogP contribution < -0.4 is 4.90 Å². The molecular formula is C16H22N2O. The second-order valence-corrected chi connectivity index (χ2v) is 4.68. The van der Waals surface area contributed by atoms with Crippen molar-refractivity contribution in [2.75, 3.05) is 32.1 Å². The number of carbonyl (C=O) groups is 1. The molecule has 0 saturated carbocycles. The minimum Gasteiger partial charge on any atom is -0.377 e. The van der Waals surface area contributed by atoms with Gasteiger partial charge in [-0.1, -0.05) is 12.2 Å². The van der Waals surface area contributed by atoms with Gasteiger partial charge in [-0.2, -0.15) is 0 Å². The van der Waals surface area contributed by atoms with Crippen LogP contribution in [-0.2, 0) is 0 Å². The average Bonchev–Trinajstić information content (AvgIpc) is 2.37. The Morgan fingerprint density at radius 3 is 2.21 bits per heavy atom. The minimum atomic E-state index is 0.00760. The fraction of sp³-hybridized carbons (Fsp3) is 0.312. The van der Waals surface area contributed by atoms with Crippen LogP contribution in [0.4, 0.5) is 5.69 Å². The van der Waals surface area contributed by atoms with E-state index in [1.165, 1.54) is 0 Å². The summed E-state index contributed by atoms with van der Waals surface area (Å²) in [4.78, 5) is 16.1. The highest BCUT2D eigenvalue weighted by Crippen LogP contribution is 2.20. The average molecular weight is 258 g/mol. The van der Waals surface area contributed by atoms with Crippen LogP contribution in [0.2, 0.25) is 0 Å². The highest BCUT2D eigenvalue weighted by Gasteiger charge is 2.14. The molecular weight excluding hydrogens is 236 g/mol. The smallest absolute Gasteiger partial charge is 0.254 e. The Bertz CT molecular complexity index is 468. The number of nitrogens with zero attached hydrogens (tertiary/aromatic N) is 2. The van der Waals surface area contributed by atoms with E-state index in [2.05, 4.69) is 13.2 Å². The largest absolute Gasteiger partial charge is 0.377 e. The first kappa shape index (κ1) is 15.0. The molecule has 1 amide bonds. The number of amides is 1. The number of benzene rings is 1. The summed E-state index contributed by atoms with van der Waals surface area (Å²) in [5, 5.41) is 0. The van der Waals surface area contributed by atoms with E-state index in [4.69, 9.17) is 0 Å². The molecule has 1 rings (SSSR count). The molecule has 0 heterocycles. The Balaban J connectivity index is 3.01. The van der Waals surface area contributed by atoms with E-state index < -0.39 is 0 Å². The standard InChI is InChI=1S/C16H22N2O/c1-6-10-18(11-7-2)16(19)14-8-9-15(17(4)5)13(3)12-14/h6-9,12H,1-2,10-11H2,3-5H3. The molecule has 0 saturated heterocycles. The summed E-state index contributed by atoms with van der Waals surface area (Å²) < 4.78 is 0. The first-order valence-corrected chi connectivity index (χ1v) is 6.30. The lowest BCUT2D eigenvalue weighted by Gasteiger charge is -2.21. The third-order valence-corrected chi connectivity index (χ3v) is 2.91. The molecule has 3 heteroatoms. The van der Waals surface area contributed by atoms with Crippen LogP contribution in [0.3, 0.4) is 0 Å². The topological polar surface area (TPSA) is 23.6 Å². The second kappa shape index (κ2) is 6.78. The van der Waals surface area contributed by atoms with Gasteiger partial charge in [0.2, 0.25) is 0 Å². The predicted molar refractivity (Wildman–Crippen MR) is 81.8 cm³/mol. The van der Waals surface area contributed by atoms with Gasteiger partial charge in [0, 0.05) is 38.4 Å². The maximum atomic E-state index is 12.4. The molecule has 0 N–H and O–H groups in total. The summed E-state index contributed by atoms with van der Waals surface area (Å²) >= 11 is 0. The van der Waals surface area contributed by atoms with Gasteiger partial charge in [0.15, 0.2) is 0 Å². The molecule has 19 heavy (non-hydrogen) atoms. The van der Waals surface area contributed by atoms with E-state index in [0.29, 0.717) is 18.7 Å². The summed E-state index contributed by atoms with van der Waals surface area (Å²) in [7, 11) is 3.98. The Morgan fingerprint density at radius 2 is 1.79 bits per heavy atom. The number of carbonyl (C=O) groups excluding carboxylic acids is 1. The molecule has 0 aromatic heterocycles. The van der Waals surface area contributed by atoms with Crippen molar-refractivity contribution < 1.29 is 4.79 Å². The van der Waals surface area contributed by atoms with Crippen LogP contribution in [0.25, 0.3) is 0 Å². The lowest BCUT2D eigenvalue weighted by atomic mass is 10.1. The second-order valence-electron chi connectivity index (χ2n) is 4.68. The van der Waals surface area contributed by atoms with Gasteiger partial charge in [-0.05, 0) is 30.7 Å². The van der Waals surface area contributed by atoms with Crippen molar-refractivity contribution >= 4 is 11.6 Å². The molecule has 0 spiro atoms. The van der Waals surface area contributed by atoms with Crippen molar-refractivity contribution in [1.82, 2.24) is 4.90 Å². The van der Waals surface area contributed by atoms with Gasteiger partial charge in [-0.15, -0.1) is 13.2 Å². The van der Waals surface area contributed by atoms with Gasteiger partial charge in [-0.25, -0.2) is 0 Å². The third kappa shape index (κ3) is 3.71. The van der Waals surface area contributed by atoms with Crippen molar-refractivity contribution in [2.24, 2.45) is 0 Å². The van der Waals surface area contributed by atoms with Crippen molar-refractivity contribution in [2.45, 2.75) is 6.92 Å². The summed E-state index contributed by atoms with van der Waals surface area (Å²) in [5.41, 5.74) is 2.91. The fourth-order valence-corrected chi connectivity index (χ4v) is 2.02. The molecule has 0 atom stereocenters. The Morgan fingerprint density at radius 1 is 1.21 bits per heavy atom. The van der Waals surface area contributed by atoms with Gasteiger partial charge < -0.3 is 9.80 Å². The maximum Gasteiger partial charge on any atom is 0.254 e. The zero-order chi connectivity index (χ0) is 14.4. The highest BCUT2D eigenvalue weighted by atomic mass is 16.2. The van der Waals surface area contributed by atoms with Crippen LogP contribution in [0.1, 0.15) is 15.9 Å². The summed E-state index contributed by atoms with van der Waals surface area (Å²) in [6.45, 7) is 10.4. The molecule has 0 unspecified atom stereocenters. The maximum absolute atomic E-state index is 12.4. The molecule has 102 valence electrons. The first-order chi connectivity index (χ1) is 9.01. The summed E-state index contributed by atoms with van der Waals surface area (Å²) in [6.07, 6.45) is 3.45. The lowest BCUT2D eigenvalue weighted by molar-refractivity contribution is 0.0791. The molecule has 3 nitrogen and oxygen atoms in total. The number of rotatable bonds is 6. The number of anilines is 1. The first-order valence-electron chi connectivity index (χ1n) is 6.30. The van der Waals surface area contributed by atoms with Crippen molar-refractivity contribution in [3.05, 3.63) is 54.6 Å². The van der Waals surface area contributed by atoms with E-state index in [0.717, 1.165) is 11.3 Å². The fourth-order valence-electron chi connectivity index (χ4n) is 2.02. The van der Waals surface area contributed by atoms with E-state index in [9.17, 15) is 4.79 Å². The molecule has 0 aliphatic carbocycles. The van der Waals surface area contributed by atoms with E-state index in [1.54, 1.807) is 17.1 Å². The van der Waals surface area contributed by atoms with Gasteiger partial charge in [-0.3, -0.25) is 4.79 Å². The number of hydrogen-bond donors (Lipinski definition) is 0. The predicted octanol–water partition coefficient (Wildman–Crippen LogP) is 2.88. The lowest BCUT2D eigenvalue weighted by Crippen LogP contribution is -2.31. The van der Waals surface area contributed by atoms with Gasteiger partial charge >= 0.3 is 0 Å². The van der Waals surface area contributed by atoms with Crippen molar-refractivity contribution in [3.8, 4) is 0 Å². The quantitative estimate of drug-likeness (QED) is 0.733. The van der Waals surface area contributed by atoms with E-state index in [-0.39, 0.29) is 5.91 Å². The SMILES string of the molecule is C=CCN(CC=C)C(=O)c1ccc(N(C)C)c(C)c1. The normalized spacial score (nSPS) is 9.84. The van der Waals surface area contributed by atoms with Gasteiger partial charge in [0.1, 0.15) is 0 Å². The number of hydrogen-bond acceptors (Lipinski definition) is 2. The van der Waals surface area contributed by atoms with Crippen LogP contribution in [0.15, 0.2) is 43.5 Å². The van der Waals surface area contributed by atoms with Crippen molar-refractivity contribution in [1.29, 1.82) is 0 Å². The summed E-state index contributed by atoms with van der Waals surface area (Å²) in [5.74, 6) is 0.00760. The zero-order valence-electron chi connectivity index (χ0n) is 12.0. The molecule has 0 bridgehead atoms. The Hall–Kier alpha value is -2.03. The van der Waals surface area contributed by atoms with E-state index >= 15 is 0 Å². The Labute approximate surface area is 115 Å². The van der Waals surface area contributed by atoms with Crippen LogP contribution in [0, 0.1) is 6.92 Å². The van der Waals surface area contributed by atoms with Crippen molar-refractivity contribution in [3.63, 3.8) is 0 Å². The number of aryl methyl sites for hydroxylation is 1. The van der Waals surface area contributed by atoms with Crippen LogP contribution >= 0.6 is 0 Å². The molecule has 0 aliphatic heterocycles. The molecule has 1 aromatic carbocycles.